The zero-order valence-corrected chi connectivity index (χ0v) is 21.8. The van der Waals surface area contributed by atoms with Gasteiger partial charge in [-0.1, -0.05) is 48.0 Å². The molecule has 3 aromatic rings. The average molecular weight is 505 g/mol. The van der Waals surface area contributed by atoms with Gasteiger partial charge in [0, 0.05) is 62.6 Å². The van der Waals surface area contributed by atoms with E-state index in [0.29, 0.717) is 18.8 Å². The molecule has 0 bridgehead atoms. The third-order valence-corrected chi connectivity index (χ3v) is 7.55. The number of rotatable bonds is 7. The molecule has 7 nitrogen and oxygen atoms in total. The van der Waals surface area contributed by atoms with Crippen molar-refractivity contribution in [3.05, 3.63) is 70.2 Å². The number of anilines is 1. The van der Waals surface area contributed by atoms with Gasteiger partial charge >= 0.3 is 0 Å². The second kappa shape index (κ2) is 11.5. The summed E-state index contributed by atoms with van der Waals surface area (Å²) < 4.78 is 0. The number of benzene rings is 2. The monoisotopic (exact) mass is 504 g/mol. The second-order valence-corrected chi connectivity index (χ2v) is 10.3. The number of hydrogen-bond donors (Lipinski definition) is 1. The number of carbonyl (C=O) groups excluding carboxylic acids is 3. The minimum absolute atomic E-state index is 0.0232. The Morgan fingerprint density at radius 3 is 2.42 bits per heavy atom. The first-order valence-electron chi connectivity index (χ1n) is 12.2. The van der Waals surface area contributed by atoms with E-state index in [2.05, 4.69) is 34.6 Å². The highest BCUT2D eigenvalue weighted by atomic mass is 32.1. The number of aromatic nitrogens is 1. The van der Waals surface area contributed by atoms with Crippen LogP contribution in [0.4, 0.5) is 5.69 Å². The maximum Gasteiger partial charge on any atom is 0.275 e. The fraction of sp³-hybridized carbons (Fsp3) is 0.357. The van der Waals surface area contributed by atoms with Gasteiger partial charge in [0.05, 0.1) is 5.01 Å². The van der Waals surface area contributed by atoms with Gasteiger partial charge in [0.1, 0.15) is 5.69 Å². The number of aryl methyl sites for hydroxylation is 1. The first kappa shape index (κ1) is 25.6. The van der Waals surface area contributed by atoms with E-state index in [1.807, 2.05) is 41.5 Å². The van der Waals surface area contributed by atoms with Crippen molar-refractivity contribution in [2.45, 2.75) is 38.5 Å². The van der Waals surface area contributed by atoms with Crippen molar-refractivity contribution in [1.29, 1.82) is 0 Å². The Balaban J connectivity index is 1.35. The Morgan fingerprint density at radius 2 is 1.72 bits per heavy atom. The summed E-state index contributed by atoms with van der Waals surface area (Å²) in [5.74, 6) is -0.0116. The number of amides is 3. The lowest BCUT2D eigenvalue weighted by Crippen LogP contribution is -2.38. The van der Waals surface area contributed by atoms with Crippen LogP contribution >= 0.6 is 11.3 Å². The van der Waals surface area contributed by atoms with Crippen LogP contribution in [-0.2, 0) is 9.59 Å². The van der Waals surface area contributed by atoms with Crippen LogP contribution in [0.25, 0.3) is 11.1 Å². The van der Waals surface area contributed by atoms with Crippen LogP contribution in [0.15, 0.2) is 53.9 Å². The minimum Gasteiger partial charge on any atom is -0.349 e. The molecule has 4 rings (SSSR count). The number of nitrogens with one attached hydrogen (secondary N) is 1. The van der Waals surface area contributed by atoms with E-state index in [-0.39, 0.29) is 36.5 Å². The van der Waals surface area contributed by atoms with Crippen LogP contribution < -0.4 is 5.32 Å². The van der Waals surface area contributed by atoms with E-state index in [0.717, 1.165) is 34.7 Å². The van der Waals surface area contributed by atoms with Gasteiger partial charge < -0.3 is 15.1 Å². The summed E-state index contributed by atoms with van der Waals surface area (Å²) in [6, 6.07) is 16.0. The summed E-state index contributed by atoms with van der Waals surface area (Å²) in [4.78, 5) is 45.2. The highest BCUT2D eigenvalue weighted by Gasteiger charge is 2.26. The fourth-order valence-electron chi connectivity index (χ4n) is 4.31. The van der Waals surface area contributed by atoms with Crippen molar-refractivity contribution in [3.63, 3.8) is 0 Å². The second-order valence-electron chi connectivity index (χ2n) is 9.38. The van der Waals surface area contributed by atoms with E-state index in [1.54, 1.807) is 14.1 Å². The molecule has 0 aliphatic carbocycles. The van der Waals surface area contributed by atoms with Gasteiger partial charge in [-0.3, -0.25) is 14.4 Å². The van der Waals surface area contributed by atoms with Crippen molar-refractivity contribution >= 4 is 34.7 Å². The average Bonchev–Trinajstić information content (AvgIpc) is 3.38. The minimum atomic E-state index is -0.227. The fourth-order valence-corrected chi connectivity index (χ4v) is 5.29. The van der Waals surface area contributed by atoms with E-state index >= 15 is 0 Å². The molecule has 36 heavy (non-hydrogen) atoms. The van der Waals surface area contributed by atoms with Crippen LogP contribution in [-0.4, -0.2) is 59.7 Å². The molecule has 188 valence electrons. The molecule has 1 N–H and O–H groups in total. The van der Waals surface area contributed by atoms with Crippen molar-refractivity contribution in [2.75, 3.05) is 32.5 Å². The number of likely N-dealkylation sites (tertiary alicyclic amines) is 1. The third kappa shape index (κ3) is 6.18. The molecule has 1 aliphatic rings. The number of thiazole rings is 1. The number of carbonyl (C=O) groups is 3. The molecule has 8 heteroatoms. The normalized spacial score (nSPS) is 13.9. The van der Waals surface area contributed by atoms with E-state index in [9.17, 15) is 14.4 Å². The standard InChI is InChI=1S/C28H32N4O3S/c1-19-8-10-20(11-9-19)22-6-4-5-7-23(22)29-27(35)24-18-36-28(30-24)21-14-16-32(17-15-21)26(34)13-12-25(33)31(2)3/h4-11,18,21H,12-17H2,1-3H3,(H,29,35). The number of hydrogen-bond acceptors (Lipinski definition) is 5. The lowest BCUT2D eigenvalue weighted by atomic mass is 9.97. The SMILES string of the molecule is Cc1ccc(-c2ccccc2NC(=O)c2csc(C3CCN(C(=O)CCC(=O)N(C)C)CC3)n2)cc1. The quantitative estimate of drug-likeness (QED) is 0.494. The van der Waals surface area contributed by atoms with Gasteiger partial charge in [0.15, 0.2) is 0 Å². The Labute approximate surface area is 216 Å². The van der Waals surface area contributed by atoms with Gasteiger partial charge in [0.2, 0.25) is 11.8 Å². The van der Waals surface area contributed by atoms with Crippen LogP contribution in [0.1, 0.15) is 52.7 Å². The molecule has 3 amide bonds. The molecule has 1 fully saturated rings. The van der Waals surface area contributed by atoms with Crippen LogP contribution in [0, 0.1) is 6.92 Å². The molecule has 0 atom stereocenters. The van der Waals surface area contributed by atoms with Crippen LogP contribution in [0.5, 0.6) is 0 Å². The van der Waals surface area contributed by atoms with Crippen molar-refractivity contribution in [2.24, 2.45) is 0 Å². The smallest absolute Gasteiger partial charge is 0.275 e. The summed E-state index contributed by atoms with van der Waals surface area (Å²) in [5, 5.41) is 5.77. The van der Waals surface area contributed by atoms with Gasteiger partial charge in [-0.05, 0) is 31.4 Å². The Kier molecular flexibility index (Phi) is 8.15. The number of para-hydroxylation sites is 1. The zero-order chi connectivity index (χ0) is 25.7. The van der Waals surface area contributed by atoms with E-state index in [1.165, 1.54) is 21.8 Å². The highest BCUT2D eigenvalue weighted by Crippen LogP contribution is 2.32. The Hall–Kier alpha value is -3.52. The summed E-state index contributed by atoms with van der Waals surface area (Å²) in [6.45, 7) is 3.34. The first-order valence-corrected chi connectivity index (χ1v) is 13.1. The number of piperidine rings is 1. The summed E-state index contributed by atoms with van der Waals surface area (Å²) >= 11 is 1.50. The topological polar surface area (TPSA) is 82.6 Å². The lowest BCUT2D eigenvalue weighted by Gasteiger charge is -2.31. The molecule has 0 saturated carbocycles. The number of nitrogens with zero attached hydrogens (tertiary/aromatic N) is 3. The molecular formula is C28H32N4O3S. The van der Waals surface area contributed by atoms with Crippen molar-refractivity contribution in [1.82, 2.24) is 14.8 Å². The van der Waals surface area contributed by atoms with Gasteiger partial charge in [-0.2, -0.15) is 0 Å². The molecule has 2 heterocycles. The Bertz CT molecular complexity index is 1230. The van der Waals surface area contributed by atoms with Crippen molar-refractivity contribution < 1.29 is 14.4 Å². The largest absolute Gasteiger partial charge is 0.349 e. The molecule has 0 spiro atoms. The molecule has 1 aromatic heterocycles. The predicted octanol–water partition coefficient (Wildman–Crippen LogP) is 4.95. The van der Waals surface area contributed by atoms with Crippen molar-refractivity contribution in [3.8, 4) is 11.1 Å². The summed E-state index contributed by atoms with van der Waals surface area (Å²) in [7, 11) is 3.40. The van der Waals surface area contributed by atoms with E-state index in [4.69, 9.17) is 0 Å². The molecule has 1 aliphatic heterocycles. The van der Waals surface area contributed by atoms with E-state index < -0.39 is 0 Å². The molecular weight excluding hydrogens is 472 g/mol. The molecule has 0 radical (unpaired) electrons. The third-order valence-electron chi connectivity index (χ3n) is 6.54. The molecule has 1 saturated heterocycles. The van der Waals surface area contributed by atoms with Gasteiger partial charge in [0.25, 0.3) is 5.91 Å². The van der Waals surface area contributed by atoms with Crippen LogP contribution in [0.3, 0.4) is 0 Å². The Morgan fingerprint density at radius 1 is 1.03 bits per heavy atom. The maximum atomic E-state index is 13.0. The maximum absolute atomic E-state index is 13.0. The van der Waals surface area contributed by atoms with Crippen LogP contribution in [0.2, 0.25) is 0 Å². The van der Waals surface area contributed by atoms with Gasteiger partial charge in [-0.25, -0.2) is 4.98 Å². The molecule has 0 unspecified atom stereocenters. The zero-order valence-electron chi connectivity index (χ0n) is 21.0. The molecule has 2 aromatic carbocycles. The summed E-state index contributed by atoms with van der Waals surface area (Å²) in [5.41, 5.74) is 4.35. The lowest BCUT2D eigenvalue weighted by molar-refractivity contribution is -0.136. The predicted molar refractivity (Wildman–Crippen MR) is 143 cm³/mol. The highest BCUT2D eigenvalue weighted by molar-refractivity contribution is 7.10. The summed E-state index contributed by atoms with van der Waals surface area (Å²) in [6.07, 6.45) is 2.09. The first-order chi connectivity index (χ1) is 17.3. The van der Waals surface area contributed by atoms with Gasteiger partial charge in [-0.15, -0.1) is 11.3 Å².